The summed E-state index contributed by atoms with van der Waals surface area (Å²) in [6, 6.07) is 0. The summed E-state index contributed by atoms with van der Waals surface area (Å²) in [5, 5.41) is 1.69. The van der Waals surface area contributed by atoms with E-state index in [1.54, 1.807) is 12.0 Å². The van der Waals surface area contributed by atoms with Gasteiger partial charge in [0.1, 0.15) is 18.8 Å². The van der Waals surface area contributed by atoms with Crippen LogP contribution in [0.2, 0.25) is 0 Å². The fourth-order valence-electron chi connectivity index (χ4n) is 2.02. The average Bonchev–Trinajstić information content (AvgIpc) is 2.69. The number of hydrogen-bond acceptors (Lipinski definition) is 8. The molecule has 9 heteroatoms. The van der Waals surface area contributed by atoms with Crippen LogP contribution in [0.4, 0.5) is 0 Å². The van der Waals surface area contributed by atoms with Crippen molar-refractivity contribution in [2.45, 2.75) is 72.0 Å². The topological polar surface area (TPSA) is 77.5 Å². The molecule has 2 atom stereocenters. The number of Topliss-reactive ketones (excluding diaryl/α,β-unsaturated/α-hetero) is 1. The first-order chi connectivity index (χ1) is 15.2. The number of hydroxylamine groups is 2. The highest BCUT2D eigenvalue weighted by Crippen LogP contribution is 2.27. The van der Waals surface area contributed by atoms with Gasteiger partial charge in [-0.05, 0) is 52.4 Å². The third-order valence-corrected chi connectivity index (χ3v) is 6.59. The number of aldehydes is 1. The molecule has 0 aliphatic heterocycles. The molecule has 0 saturated carbocycles. The van der Waals surface area contributed by atoms with Crippen molar-refractivity contribution in [3.63, 3.8) is 0 Å². The van der Waals surface area contributed by atoms with Crippen LogP contribution in [-0.2, 0) is 28.6 Å². The van der Waals surface area contributed by atoms with Crippen LogP contribution < -0.4 is 0 Å². The number of carbonyl (C=O) groups is 2. The Bertz CT molecular complexity index is 498. The van der Waals surface area contributed by atoms with E-state index in [0.717, 1.165) is 12.7 Å². The Labute approximate surface area is 205 Å². The van der Waals surface area contributed by atoms with Crippen molar-refractivity contribution < 1.29 is 28.6 Å². The van der Waals surface area contributed by atoms with Gasteiger partial charge in [-0.1, -0.05) is 20.8 Å². The Morgan fingerprint density at radius 3 is 1.85 bits per heavy atom. The molecule has 0 rings (SSSR count). The van der Waals surface area contributed by atoms with Gasteiger partial charge in [0.15, 0.2) is 0 Å². The Morgan fingerprint density at radius 1 is 0.909 bits per heavy atom. The van der Waals surface area contributed by atoms with Gasteiger partial charge in [-0.25, -0.2) is 0 Å². The maximum absolute atomic E-state index is 10.7. The van der Waals surface area contributed by atoms with E-state index < -0.39 is 0 Å². The van der Waals surface area contributed by atoms with Crippen LogP contribution in [0.5, 0.6) is 0 Å². The van der Waals surface area contributed by atoms with Gasteiger partial charge < -0.3 is 23.9 Å². The van der Waals surface area contributed by atoms with Crippen molar-refractivity contribution in [3.05, 3.63) is 0 Å². The zero-order valence-corrected chi connectivity index (χ0v) is 23.8. The fraction of sp³-hybridized carbons (Fsp3) is 0.917. The summed E-state index contributed by atoms with van der Waals surface area (Å²) in [6.07, 6.45) is 3.02. The number of ketones is 1. The first-order valence-corrected chi connectivity index (χ1v) is 12.3. The summed E-state index contributed by atoms with van der Waals surface area (Å²) < 4.78 is 16.1. The second-order valence-corrected chi connectivity index (χ2v) is 10.8. The molecular formula is C24H51N2O6P. The Kier molecular flexibility index (Phi) is 20.8. The number of carbonyl (C=O) groups excluding carboxylic acids is 2. The van der Waals surface area contributed by atoms with E-state index in [-0.39, 0.29) is 16.7 Å². The first kappa shape index (κ1) is 34.7. The Balaban J connectivity index is 0. The maximum Gasteiger partial charge on any atom is 0.132 e. The second-order valence-electron chi connectivity index (χ2n) is 10.0. The molecule has 0 saturated heterocycles. The van der Waals surface area contributed by atoms with Gasteiger partial charge >= 0.3 is 0 Å². The van der Waals surface area contributed by atoms with E-state index in [4.69, 9.17) is 19.0 Å². The van der Waals surface area contributed by atoms with Gasteiger partial charge in [0.2, 0.25) is 0 Å². The van der Waals surface area contributed by atoms with Gasteiger partial charge in [-0.15, -0.1) is 9.24 Å². The number of hydrogen-bond donors (Lipinski definition) is 0. The Hall–Kier alpha value is -0.470. The molecule has 0 amide bonds. The number of nitrogens with zero attached hydrogens (tertiary/aromatic N) is 2. The zero-order chi connectivity index (χ0) is 25.9. The molecule has 33 heavy (non-hydrogen) atoms. The molecule has 0 aliphatic carbocycles. The van der Waals surface area contributed by atoms with E-state index in [2.05, 4.69) is 62.9 Å². The van der Waals surface area contributed by atoms with Crippen molar-refractivity contribution in [2.75, 3.05) is 67.5 Å². The molecular weight excluding hydrogens is 443 g/mol. The lowest BCUT2D eigenvalue weighted by molar-refractivity contribution is -0.197. The molecule has 0 heterocycles. The predicted molar refractivity (Wildman–Crippen MR) is 137 cm³/mol. The van der Waals surface area contributed by atoms with Crippen LogP contribution in [0, 0.1) is 5.41 Å². The molecule has 0 radical (unpaired) electrons. The first-order valence-electron chi connectivity index (χ1n) is 11.7. The van der Waals surface area contributed by atoms with Gasteiger partial charge in [-0.3, -0.25) is 9.63 Å². The van der Waals surface area contributed by atoms with Gasteiger partial charge in [0, 0.05) is 25.4 Å². The van der Waals surface area contributed by atoms with E-state index in [1.165, 1.54) is 0 Å². The van der Waals surface area contributed by atoms with Gasteiger partial charge in [0.25, 0.3) is 0 Å². The molecule has 0 aromatic heterocycles. The fourth-order valence-corrected chi connectivity index (χ4v) is 2.13. The molecule has 8 nitrogen and oxygen atoms in total. The molecule has 0 fully saturated rings. The lowest BCUT2D eigenvalue weighted by Gasteiger charge is -2.32. The molecule has 0 aromatic rings. The highest BCUT2D eigenvalue weighted by atomic mass is 31.0. The molecule has 198 valence electrons. The molecule has 0 N–H and O–H groups in total. The average molecular weight is 495 g/mol. The highest BCUT2D eigenvalue weighted by Gasteiger charge is 2.20. The van der Waals surface area contributed by atoms with E-state index in [1.807, 2.05) is 7.05 Å². The summed E-state index contributed by atoms with van der Waals surface area (Å²) in [7, 11) is 8.69. The minimum Gasteiger partial charge on any atom is -0.379 e. The van der Waals surface area contributed by atoms with Crippen molar-refractivity contribution in [2.24, 2.45) is 5.41 Å². The van der Waals surface area contributed by atoms with Crippen LogP contribution >= 0.6 is 9.24 Å². The van der Waals surface area contributed by atoms with Crippen molar-refractivity contribution in [3.8, 4) is 0 Å². The third-order valence-electron chi connectivity index (χ3n) is 5.31. The molecule has 0 aromatic carbocycles. The minimum absolute atomic E-state index is 0.113. The van der Waals surface area contributed by atoms with Crippen LogP contribution in [0.1, 0.15) is 60.8 Å². The van der Waals surface area contributed by atoms with Gasteiger partial charge in [0.05, 0.1) is 39.6 Å². The largest absolute Gasteiger partial charge is 0.379 e. The SMILES string of the molecule is CC(=O)CCOCCOCCOCN(C)OCCC(C)(C)N(C)C.CC(C)(C)C(P)CC=O. The third kappa shape index (κ3) is 23.1. The molecule has 0 spiro atoms. The summed E-state index contributed by atoms with van der Waals surface area (Å²) >= 11 is 0. The van der Waals surface area contributed by atoms with E-state index in [0.29, 0.717) is 64.9 Å². The van der Waals surface area contributed by atoms with Crippen molar-refractivity contribution >= 4 is 21.3 Å². The molecule has 0 aliphatic rings. The maximum atomic E-state index is 10.7. The zero-order valence-electron chi connectivity index (χ0n) is 22.6. The molecule has 2 unspecified atom stereocenters. The highest BCUT2D eigenvalue weighted by molar-refractivity contribution is 7.17. The normalized spacial score (nSPS) is 13.1. The smallest absolute Gasteiger partial charge is 0.132 e. The second kappa shape index (κ2) is 19.8. The van der Waals surface area contributed by atoms with Gasteiger partial charge in [-0.2, -0.15) is 5.06 Å². The van der Waals surface area contributed by atoms with E-state index >= 15 is 0 Å². The monoisotopic (exact) mass is 494 g/mol. The van der Waals surface area contributed by atoms with Crippen LogP contribution in [0.15, 0.2) is 0 Å². The lowest BCUT2D eigenvalue weighted by atomic mass is 9.90. The van der Waals surface area contributed by atoms with Crippen molar-refractivity contribution in [1.29, 1.82) is 0 Å². The quantitative estimate of drug-likeness (QED) is 0.0943. The summed E-state index contributed by atoms with van der Waals surface area (Å²) in [5.41, 5.74) is 0.767. The molecule has 0 bridgehead atoms. The van der Waals surface area contributed by atoms with Crippen molar-refractivity contribution in [1.82, 2.24) is 9.96 Å². The van der Waals surface area contributed by atoms with E-state index in [9.17, 15) is 9.59 Å². The van der Waals surface area contributed by atoms with Crippen LogP contribution in [-0.4, -0.2) is 101 Å². The predicted octanol–water partition coefficient (Wildman–Crippen LogP) is 3.43. The Morgan fingerprint density at radius 2 is 1.42 bits per heavy atom. The summed E-state index contributed by atoms with van der Waals surface area (Å²) in [4.78, 5) is 28.6. The minimum atomic E-state index is 0.113. The number of ether oxygens (including phenoxy) is 3. The van der Waals surface area contributed by atoms with Crippen LogP contribution in [0.25, 0.3) is 0 Å². The summed E-state index contributed by atoms with van der Waals surface area (Å²) in [6.45, 7) is 15.9. The number of rotatable bonds is 18. The summed E-state index contributed by atoms with van der Waals surface area (Å²) in [5.74, 6) is 0.140. The van der Waals surface area contributed by atoms with Crippen LogP contribution in [0.3, 0.4) is 0 Å². The standard InChI is InChI=1S/C17H36N2O5.C7H15OP/c1-16(20)7-9-21-11-12-22-13-14-23-15-19(6)24-10-8-17(2,3)18(4)5;1-7(2,3)6(9)4-5-8/h7-15H2,1-6H3;5-6H,4,9H2,1-3H3. The lowest BCUT2D eigenvalue weighted by Crippen LogP contribution is -2.39.